The predicted octanol–water partition coefficient (Wildman–Crippen LogP) is 2.40. The van der Waals surface area contributed by atoms with Crippen molar-refractivity contribution in [1.29, 1.82) is 0 Å². The summed E-state index contributed by atoms with van der Waals surface area (Å²) in [5, 5.41) is 3.45. The van der Waals surface area contributed by atoms with Gasteiger partial charge in [-0.3, -0.25) is 0 Å². The molecule has 1 aliphatic rings. The Morgan fingerprint density at radius 2 is 2.26 bits per heavy atom. The molecule has 0 amide bonds. The van der Waals surface area contributed by atoms with Crippen LogP contribution in [0.15, 0.2) is 30.6 Å². The van der Waals surface area contributed by atoms with Crippen LogP contribution >= 0.6 is 0 Å². The quantitative estimate of drug-likeness (QED) is 0.893. The fourth-order valence-corrected chi connectivity index (χ4v) is 2.16. The number of nitrogens with zero attached hydrogens (tertiary/aromatic N) is 2. The van der Waals surface area contributed by atoms with Gasteiger partial charge in [-0.2, -0.15) is 0 Å². The van der Waals surface area contributed by atoms with E-state index in [1.54, 1.807) is 12.3 Å². The third-order valence-corrected chi connectivity index (χ3v) is 3.55. The molecule has 1 saturated carbocycles. The van der Waals surface area contributed by atoms with Crippen molar-refractivity contribution in [2.75, 3.05) is 0 Å². The first-order chi connectivity index (χ1) is 9.22. The van der Waals surface area contributed by atoms with Crippen molar-refractivity contribution in [1.82, 2.24) is 14.9 Å². The van der Waals surface area contributed by atoms with Gasteiger partial charge in [-0.1, -0.05) is 12.1 Å². The predicted molar refractivity (Wildman–Crippen MR) is 72.3 cm³/mol. The maximum Gasteiger partial charge on any atom is 0.126 e. The van der Waals surface area contributed by atoms with Gasteiger partial charge in [0.15, 0.2) is 0 Å². The number of halogens is 1. The summed E-state index contributed by atoms with van der Waals surface area (Å²) in [5.41, 5.74) is 1.85. The van der Waals surface area contributed by atoms with Crippen LogP contribution in [0.5, 0.6) is 0 Å². The molecule has 3 nitrogen and oxygen atoms in total. The smallest absolute Gasteiger partial charge is 0.126 e. The van der Waals surface area contributed by atoms with Gasteiger partial charge in [-0.15, -0.1) is 0 Å². The highest BCUT2D eigenvalue weighted by Crippen LogP contribution is 2.20. The molecule has 0 bridgehead atoms. The van der Waals surface area contributed by atoms with Crippen LogP contribution < -0.4 is 5.32 Å². The van der Waals surface area contributed by atoms with E-state index in [0.717, 1.165) is 17.9 Å². The number of rotatable bonds is 5. The van der Waals surface area contributed by atoms with Crippen LogP contribution in [-0.4, -0.2) is 15.6 Å². The Labute approximate surface area is 112 Å². The summed E-state index contributed by atoms with van der Waals surface area (Å²) in [7, 11) is 1.93. The molecule has 100 valence electrons. The van der Waals surface area contributed by atoms with Crippen LogP contribution in [0.4, 0.5) is 4.39 Å². The van der Waals surface area contributed by atoms with Gasteiger partial charge in [-0.25, -0.2) is 9.37 Å². The Kier molecular flexibility index (Phi) is 3.34. The summed E-state index contributed by atoms with van der Waals surface area (Å²) in [4.78, 5) is 4.25. The highest BCUT2D eigenvalue weighted by Gasteiger charge is 2.20. The van der Waals surface area contributed by atoms with Gasteiger partial charge in [0.2, 0.25) is 0 Å². The minimum absolute atomic E-state index is 0.154. The van der Waals surface area contributed by atoms with E-state index in [4.69, 9.17) is 0 Å². The zero-order chi connectivity index (χ0) is 13.2. The molecular formula is C15H18FN3. The molecule has 1 N–H and O–H groups in total. The van der Waals surface area contributed by atoms with E-state index in [9.17, 15) is 4.39 Å². The van der Waals surface area contributed by atoms with E-state index < -0.39 is 0 Å². The molecule has 3 rings (SSSR count). The molecule has 1 heterocycles. The molecule has 0 unspecified atom stereocenters. The zero-order valence-electron chi connectivity index (χ0n) is 11.1. The third kappa shape index (κ3) is 3.01. The van der Waals surface area contributed by atoms with Crippen molar-refractivity contribution < 1.29 is 4.39 Å². The minimum Gasteiger partial charge on any atom is -0.338 e. The van der Waals surface area contributed by atoms with Crippen molar-refractivity contribution >= 4 is 0 Å². The van der Waals surface area contributed by atoms with Gasteiger partial charge >= 0.3 is 0 Å². The van der Waals surface area contributed by atoms with Gasteiger partial charge in [-0.05, 0) is 30.0 Å². The Morgan fingerprint density at radius 3 is 2.95 bits per heavy atom. The van der Waals surface area contributed by atoms with Gasteiger partial charge in [0.25, 0.3) is 0 Å². The van der Waals surface area contributed by atoms with Crippen LogP contribution in [0.3, 0.4) is 0 Å². The highest BCUT2D eigenvalue weighted by molar-refractivity contribution is 5.27. The van der Waals surface area contributed by atoms with E-state index in [2.05, 4.69) is 10.3 Å². The molecule has 1 aromatic heterocycles. The average Bonchev–Trinajstić information content (AvgIpc) is 3.15. The lowest BCUT2D eigenvalue weighted by atomic mass is 10.1. The van der Waals surface area contributed by atoms with E-state index in [-0.39, 0.29) is 5.82 Å². The summed E-state index contributed by atoms with van der Waals surface area (Å²) in [5.74, 6) is 0.726. The van der Waals surface area contributed by atoms with Crippen molar-refractivity contribution in [3.8, 4) is 0 Å². The number of aryl methyl sites for hydroxylation is 1. The lowest BCUT2D eigenvalue weighted by molar-refractivity contribution is 0.607. The molecular weight excluding hydrogens is 241 g/mol. The molecule has 1 aliphatic carbocycles. The van der Waals surface area contributed by atoms with Crippen LogP contribution in [0.25, 0.3) is 0 Å². The lowest BCUT2D eigenvalue weighted by Crippen LogP contribution is -2.15. The fraction of sp³-hybridized carbons (Fsp3) is 0.400. The molecule has 1 fully saturated rings. The number of aromatic nitrogens is 2. The normalized spacial score (nSPS) is 14.8. The molecule has 0 radical (unpaired) electrons. The highest BCUT2D eigenvalue weighted by atomic mass is 19.1. The Balaban J connectivity index is 1.75. The lowest BCUT2D eigenvalue weighted by Gasteiger charge is -2.08. The topological polar surface area (TPSA) is 29.9 Å². The van der Waals surface area contributed by atoms with Crippen LogP contribution in [0, 0.1) is 5.82 Å². The number of nitrogens with one attached hydrogen (secondary N) is 1. The zero-order valence-corrected chi connectivity index (χ0v) is 11.1. The van der Waals surface area contributed by atoms with Crippen LogP contribution in [0.2, 0.25) is 0 Å². The number of imidazole rings is 1. The maximum absolute atomic E-state index is 13.8. The van der Waals surface area contributed by atoms with Crippen LogP contribution in [-0.2, 0) is 20.0 Å². The first kappa shape index (κ1) is 12.4. The Hall–Kier alpha value is -1.68. The fourth-order valence-electron chi connectivity index (χ4n) is 2.16. The third-order valence-electron chi connectivity index (χ3n) is 3.55. The van der Waals surface area contributed by atoms with Gasteiger partial charge in [0, 0.05) is 38.4 Å². The van der Waals surface area contributed by atoms with E-state index in [1.165, 1.54) is 12.8 Å². The van der Waals surface area contributed by atoms with E-state index in [0.29, 0.717) is 18.0 Å². The van der Waals surface area contributed by atoms with E-state index >= 15 is 0 Å². The summed E-state index contributed by atoms with van der Waals surface area (Å²) < 4.78 is 15.8. The first-order valence-corrected chi connectivity index (χ1v) is 6.69. The minimum atomic E-state index is -0.154. The molecule has 19 heavy (non-hydrogen) atoms. The number of benzene rings is 1. The van der Waals surface area contributed by atoms with Crippen LogP contribution in [0.1, 0.15) is 29.8 Å². The Morgan fingerprint density at radius 1 is 1.42 bits per heavy atom. The summed E-state index contributed by atoms with van der Waals surface area (Å²) >= 11 is 0. The monoisotopic (exact) mass is 259 g/mol. The average molecular weight is 259 g/mol. The van der Waals surface area contributed by atoms with Crippen molar-refractivity contribution in [3.05, 3.63) is 53.4 Å². The SMILES string of the molecule is Cn1ccnc1Cc1cc(CNC2CC2)ccc1F. The summed E-state index contributed by atoms with van der Waals surface area (Å²) in [6.07, 6.45) is 6.69. The molecule has 0 aliphatic heterocycles. The largest absolute Gasteiger partial charge is 0.338 e. The first-order valence-electron chi connectivity index (χ1n) is 6.69. The second-order valence-corrected chi connectivity index (χ2v) is 5.21. The van der Waals surface area contributed by atoms with Crippen molar-refractivity contribution in [3.63, 3.8) is 0 Å². The second-order valence-electron chi connectivity index (χ2n) is 5.21. The van der Waals surface area contributed by atoms with Gasteiger partial charge < -0.3 is 9.88 Å². The molecule has 4 heteroatoms. The summed E-state index contributed by atoms with van der Waals surface area (Å²) in [6.45, 7) is 0.818. The Bertz CT molecular complexity index is 573. The molecule has 0 saturated heterocycles. The van der Waals surface area contributed by atoms with Crippen molar-refractivity contribution in [2.24, 2.45) is 7.05 Å². The standard InChI is InChI=1S/C15H18FN3/c1-19-7-6-17-15(19)9-12-8-11(2-5-14(12)16)10-18-13-3-4-13/h2,5-8,13,18H,3-4,9-10H2,1H3. The maximum atomic E-state index is 13.8. The van der Waals surface area contributed by atoms with Gasteiger partial charge in [0.05, 0.1) is 0 Å². The van der Waals surface area contributed by atoms with Gasteiger partial charge in [0.1, 0.15) is 11.6 Å². The number of hydrogen-bond donors (Lipinski definition) is 1. The number of hydrogen-bond acceptors (Lipinski definition) is 2. The molecule has 0 atom stereocenters. The molecule has 0 spiro atoms. The molecule has 2 aromatic rings. The molecule has 1 aromatic carbocycles. The van der Waals surface area contributed by atoms with E-state index in [1.807, 2.05) is 29.9 Å². The second kappa shape index (κ2) is 5.13. The van der Waals surface area contributed by atoms with Crippen molar-refractivity contribution in [2.45, 2.75) is 31.8 Å². The summed E-state index contributed by atoms with van der Waals surface area (Å²) in [6, 6.07) is 6.02.